The Hall–Kier alpha value is -4.13. The fourth-order valence-corrected chi connectivity index (χ4v) is 3.09. The van der Waals surface area contributed by atoms with Gasteiger partial charge in [-0.2, -0.15) is 0 Å². The number of esters is 1. The van der Waals surface area contributed by atoms with Gasteiger partial charge in [0.25, 0.3) is 0 Å². The summed E-state index contributed by atoms with van der Waals surface area (Å²) in [5, 5.41) is 0. The van der Waals surface area contributed by atoms with E-state index >= 15 is 0 Å². The molecule has 0 aromatic heterocycles. The van der Waals surface area contributed by atoms with Crippen LogP contribution in [0, 0.1) is 5.82 Å². The van der Waals surface area contributed by atoms with Crippen LogP contribution in [0.15, 0.2) is 66.4 Å². The zero-order valence-corrected chi connectivity index (χ0v) is 16.7. The molecule has 1 aliphatic heterocycles. The van der Waals surface area contributed by atoms with E-state index in [0.717, 1.165) is 6.07 Å². The third-order valence-corrected chi connectivity index (χ3v) is 4.64. The lowest BCUT2D eigenvalue weighted by Gasteiger charge is -2.08. The number of hydrogen-bond acceptors (Lipinski definition) is 6. The third kappa shape index (κ3) is 4.11. The van der Waals surface area contributed by atoms with Crippen LogP contribution < -0.4 is 18.9 Å². The number of hydrogen-bond donors (Lipinski definition) is 0. The quantitative estimate of drug-likeness (QED) is 0.339. The Morgan fingerprint density at radius 1 is 0.968 bits per heavy atom. The molecule has 0 saturated carbocycles. The number of carbonyl (C=O) groups excluding carboxylic acids is 2. The number of halogens is 1. The maximum atomic E-state index is 13.3. The normalized spacial score (nSPS) is 13.5. The second-order valence-corrected chi connectivity index (χ2v) is 6.61. The molecular weight excluding hydrogens is 403 g/mol. The molecule has 0 radical (unpaired) electrons. The lowest BCUT2D eigenvalue weighted by Crippen LogP contribution is -2.08. The van der Waals surface area contributed by atoms with Gasteiger partial charge in [-0.05, 0) is 48.5 Å². The first-order valence-electron chi connectivity index (χ1n) is 9.26. The largest absolute Gasteiger partial charge is 0.497 e. The van der Waals surface area contributed by atoms with E-state index in [1.54, 1.807) is 31.4 Å². The number of Topliss-reactive ketones (excluding diaryl/α,β-unsaturated/α-hetero) is 1. The highest BCUT2D eigenvalue weighted by molar-refractivity contribution is 6.14. The third-order valence-electron chi connectivity index (χ3n) is 4.64. The van der Waals surface area contributed by atoms with Crippen LogP contribution in [0.25, 0.3) is 6.08 Å². The van der Waals surface area contributed by atoms with Crippen LogP contribution in [-0.4, -0.2) is 26.0 Å². The number of rotatable bonds is 5. The van der Waals surface area contributed by atoms with Crippen molar-refractivity contribution in [1.82, 2.24) is 0 Å². The van der Waals surface area contributed by atoms with E-state index < -0.39 is 11.8 Å². The number of fused-ring (bicyclic) bond motifs is 1. The van der Waals surface area contributed by atoms with Crippen LogP contribution in [0.2, 0.25) is 0 Å². The molecule has 7 heteroatoms. The molecule has 3 aromatic rings. The average Bonchev–Trinajstić information content (AvgIpc) is 3.08. The highest BCUT2D eigenvalue weighted by Gasteiger charge is 2.28. The van der Waals surface area contributed by atoms with Crippen LogP contribution >= 0.6 is 0 Å². The van der Waals surface area contributed by atoms with E-state index in [1.165, 1.54) is 43.5 Å². The smallest absolute Gasteiger partial charge is 0.343 e. The maximum absolute atomic E-state index is 13.3. The van der Waals surface area contributed by atoms with E-state index in [1.807, 2.05) is 0 Å². The molecule has 4 rings (SSSR count). The minimum Gasteiger partial charge on any atom is -0.497 e. The molecule has 0 N–H and O–H groups in total. The molecule has 31 heavy (non-hydrogen) atoms. The first kappa shape index (κ1) is 20.2. The summed E-state index contributed by atoms with van der Waals surface area (Å²) in [6.07, 6.45) is 1.57. The van der Waals surface area contributed by atoms with Crippen LogP contribution in [-0.2, 0) is 0 Å². The average molecular weight is 420 g/mol. The molecule has 1 heterocycles. The van der Waals surface area contributed by atoms with Crippen molar-refractivity contribution >= 4 is 17.8 Å². The summed E-state index contributed by atoms with van der Waals surface area (Å²) in [4.78, 5) is 24.9. The molecule has 6 nitrogen and oxygen atoms in total. The Kier molecular flexibility index (Phi) is 5.41. The lowest BCUT2D eigenvalue weighted by atomic mass is 10.1. The van der Waals surface area contributed by atoms with Crippen molar-refractivity contribution in [3.63, 3.8) is 0 Å². The summed E-state index contributed by atoms with van der Waals surface area (Å²) >= 11 is 0. The Bertz CT molecular complexity index is 1210. The lowest BCUT2D eigenvalue weighted by molar-refractivity contribution is 0.0734. The molecule has 0 atom stereocenters. The number of allylic oxidation sites excluding steroid dienone is 1. The zero-order chi connectivity index (χ0) is 22.0. The van der Waals surface area contributed by atoms with Crippen molar-refractivity contribution in [2.24, 2.45) is 0 Å². The SMILES string of the molecule is COc1ccc(/C=C2\Oc3cc(OC(=O)c4cccc(F)c4)ccc3C2=O)c(OC)c1. The highest BCUT2D eigenvalue weighted by Crippen LogP contribution is 2.36. The summed E-state index contributed by atoms with van der Waals surface area (Å²) in [7, 11) is 3.06. The number of methoxy groups -OCH3 is 2. The van der Waals surface area contributed by atoms with Crippen molar-refractivity contribution in [3.05, 3.63) is 88.9 Å². The van der Waals surface area contributed by atoms with Gasteiger partial charge in [-0.15, -0.1) is 0 Å². The molecule has 0 aliphatic carbocycles. The van der Waals surface area contributed by atoms with Crippen molar-refractivity contribution in [2.45, 2.75) is 0 Å². The van der Waals surface area contributed by atoms with Gasteiger partial charge >= 0.3 is 5.97 Å². The number of carbonyl (C=O) groups is 2. The van der Waals surface area contributed by atoms with E-state index in [2.05, 4.69) is 0 Å². The number of ketones is 1. The number of ether oxygens (including phenoxy) is 4. The summed E-state index contributed by atoms with van der Waals surface area (Å²) < 4.78 is 34.8. The summed E-state index contributed by atoms with van der Waals surface area (Å²) in [6.45, 7) is 0. The molecule has 0 bridgehead atoms. The van der Waals surface area contributed by atoms with Crippen LogP contribution in [0.5, 0.6) is 23.0 Å². The minimum atomic E-state index is -0.720. The summed E-state index contributed by atoms with van der Waals surface area (Å²) in [5.74, 6) is 0.0959. The van der Waals surface area contributed by atoms with E-state index in [4.69, 9.17) is 18.9 Å². The van der Waals surface area contributed by atoms with Crippen LogP contribution in [0.1, 0.15) is 26.3 Å². The van der Waals surface area contributed by atoms with E-state index in [-0.39, 0.29) is 28.6 Å². The van der Waals surface area contributed by atoms with Gasteiger partial charge in [0.15, 0.2) is 5.76 Å². The van der Waals surface area contributed by atoms with Gasteiger partial charge in [-0.3, -0.25) is 4.79 Å². The Morgan fingerprint density at radius 2 is 1.77 bits per heavy atom. The Labute approximate surface area is 177 Å². The Balaban J connectivity index is 1.57. The fourth-order valence-electron chi connectivity index (χ4n) is 3.09. The van der Waals surface area contributed by atoms with Crippen molar-refractivity contribution < 1.29 is 32.9 Å². The monoisotopic (exact) mass is 420 g/mol. The zero-order valence-electron chi connectivity index (χ0n) is 16.7. The first-order chi connectivity index (χ1) is 15.0. The molecule has 0 unspecified atom stereocenters. The van der Waals surface area contributed by atoms with Crippen LogP contribution in [0.4, 0.5) is 4.39 Å². The van der Waals surface area contributed by atoms with Gasteiger partial charge in [0, 0.05) is 17.7 Å². The highest BCUT2D eigenvalue weighted by atomic mass is 19.1. The van der Waals surface area contributed by atoms with Gasteiger partial charge in [0.05, 0.1) is 25.3 Å². The molecule has 0 saturated heterocycles. The molecule has 1 aliphatic rings. The molecular formula is C24H17FO6. The number of benzene rings is 3. The van der Waals surface area contributed by atoms with Gasteiger partial charge in [-0.25, -0.2) is 9.18 Å². The summed E-state index contributed by atoms with van der Waals surface area (Å²) in [6, 6.07) is 14.8. The minimum absolute atomic E-state index is 0.0738. The molecule has 0 amide bonds. The summed E-state index contributed by atoms with van der Waals surface area (Å²) in [5.41, 5.74) is 1.05. The van der Waals surface area contributed by atoms with Crippen LogP contribution in [0.3, 0.4) is 0 Å². The Morgan fingerprint density at radius 3 is 2.52 bits per heavy atom. The second kappa shape index (κ2) is 8.31. The standard InChI is InChI=1S/C24H17FO6/c1-28-17-7-6-14(20(12-17)29-2)11-22-23(26)19-9-8-18(13-21(19)31-22)30-24(27)15-4-3-5-16(25)10-15/h3-13H,1-2H3/b22-11-. The van der Waals surface area contributed by atoms with Gasteiger partial charge in [0.2, 0.25) is 5.78 Å². The maximum Gasteiger partial charge on any atom is 0.343 e. The fraction of sp³-hybridized carbons (Fsp3) is 0.0833. The van der Waals surface area contributed by atoms with E-state index in [0.29, 0.717) is 22.6 Å². The predicted molar refractivity (Wildman–Crippen MR) is 110 cm³/mol. The van der Waals surface area contributed by atoms with Gasteiger partial charge in [-0.1, -0.05) is 6.07 Å². The second-order valence-electron chi connectivity index (χ2n) is 6.61. The first-order valence-corrected chi connectivity index (χ1v) is 9.26. The molecule has 3 aromatic carbocycles. The van der Waals surface area contributed by atoms with Crippen molar-refractivity contribution in [1.29, 1.82) is 0 Å². The topological polar surface area (TPSA) is 71.1 Å². The van der Waals surface area contributed by atoms with Gasteiger partial charge in [0.1, 0.15) is 28.8 Å². The predicted octanol–water partition coefficient (Wildman–Crippen LogP) is 4.68. The molecule has 156 valence electrons. The molecule has 0 spiro atoms. The van der Waals surface area contributed by atoms with Crippen molar-refractivity contribution in [2.75, 3.05) is 14.2 Å². The molecule has 0 fully saturated rings. The van der Waals surface area contributed by atoms with E-state index in [9.17, 15) is 14.0 Å². The van der Waals surface area contributed by atoms with Gasteiger partial charge < -0.3 is 18.9 Å². The van der Waals surface area contributed by atoms with Crippen molar-refractivity contribution in [3.8, 4) is 23.0 Å².